The quantitative estimate of drug-likeness (QED) is 0.794. The highest BCUT2D eigenvalue weighted by Crippen LogP contribution is 2.21. The summed E-state index contributed by atoms with van der Waals surface area (Å²) in [6.07, 6.45) is 7.63. The minimum absolute atomic E-state index is 0.00668. The number of imidazole rings is 1. The molecule has 0 aliphatic carbocycles. The number of carbonyl (C=O) groups is 1. The summed E-state index contributed by atoms with van der Waals surface area (Å²) >= 11 is 0. The summed E-state index contributed by atoms with van der Waals surface area (Å²) in [4.78, 5) is 23.7. The highest BCUT2D eigenvalue weighted by atomic mass is 16.1. The van der Waals surface area contributed by atoms with Crippen molar-refractivity contribution in [2.24, 2.45) is 5.92 Å². The van der Waals surface area contributed by atoms with Crippen LogP contribution in [0.3, 0.4) is 0 Å². The van der Waals surface area contributed by atoms with E-state index < -0.39 is 0 Å². The van der Waals surface area contributed by atoms with Crippen LogP contribution < -0.4 is 10.2 Å². The maximum atomic E-state index is 12.6. The monoisotopic (exact) mass is 335 g/mol. The molecule has 6 heteroatoms. The number of nitrogens with zero attached hydrogens (tertiary/aromatic N) is 4. The summed E-state index contributed by atoms with van der Waals surface area (Å²) in [6, 6.07) is 11.8. The summed E-state index contributed by atoms with van der Waals surface area (Å²) in [5.74, 6) is 1.03. The molecule has 6 nitrogen and oxygen atoms in total. The number of anilines is 1. The number of carbonyl (C=O) groups excluding carboxylic acids is 1. The molecular formula is C19H21N5O. The molecule has 0 radical (unpaired) electrons. The van der Waals surface area contributed by atoms with Gasteiger partial charge in [-0.25, -0.2) is 9.97 Å². The van der Waals surface area contributed by atoms with E-state index in [1.54, 1.807) is 6.20 Å². The van der Waals surface area contributed by atoms with Crippen molar-refractivity contribution in [3.8, 4) is 0 Å². The largest absolute Gasteiger partial charge is 0.356 e. The van der Waals surface area contributed by atoms with E-state index in [9.17, 15) is 4.79 Å². The number of hydrogen-bond acceptors (Lipinski definition) is 4. The van der Waals surface area contributed by atoms with Crippen molar-refractivity contribution >= 4 is 17.4 Å². The van der Waals surface area contributed by atoms with E-state index in [1.165, 1.54) is 0 Å². The summed E-state index contributed by atoms with van der Waals surface area (Å²) in [7, 11) is 0. The lowest BCUT2D eigenvalue weighted by molar-refractivity contribution is -0.125. The molecule has 1 N–H and O–H groups in total. The Hall–Kier alpha value is -2.89. The number of pyridine rings is 2. The molecule has 0 aromatic carbocycles. The lowest BCUT2D eigenvalue weighted by Gasteiger charge is -2.32. The molecule has 3 aromatic rings. The Morgan fingerprint density at radius 1 is 1.24 bits per heavy atom. The zero-order valence-corrected chi connectivity index (χ0v) is 14.0. The van der Waals surface area contributed by atoms with Gasteiger partial charge in [0.1, 0.15) is 11.5 Å². The predicted octanol–water partition coefficient (Wildman–Crippen LogP) is 2.26. The van der Waals surface area contributed by atoms with Crippen LogP contribution in [0.2, 0.25) is 0 Å². The van der Waals surface area contributed by atoms with Gasteiger partial charge in [-0.15, -0.1) is 0 Å². The maximum absolute atomic E-state index is 12.6. The maximum Gasteiger partial charge on any atom is 0.225 e. The fraction of sp³-hybridized carbons (Fsp3) is 0.316. The van der Waals surface area contributed by atoms with Crippen LogP contribution in [0.1, 0.15) is 18.5 Å². The molecule has 1 atom stereocenters. The Morgan fingerprint density at radius 2 is 2.16 bits per heavy atom. The fourth-order valence-electron chi connectivity index (χ4n) is 3.33. The first-order chi connectivity index (χ1) is 12.3. The molecule has 0 unspecified atom stereocenters. The average Bonchev–Trinajstić information content (AvgIpc) is 3.10. The van der Waals surface area contributed by atoms with Gasteiger partial charge in [0.2, 0.25) is 5.91 Å². The zero-order valence-electron chi connectivity index (χ0n) is 14.0. The molecule has 0 bridgehead atoms. The molecular weight excluding hydrogens is 314 g/mol. The Morgan fingerprint density at radius 3 is 3.00 bits per heavy atom. The molecule has 3 aromatic heterocycles. The van der Waals surface area contributed by atoms with Crippen LogP contribution in [-0.4, -0.2) is 33.4 Å². The summed E-state index contributed by atoms with van der Waals surface area (Å²) < 4.78 is 1.96. The van der Waals surface area contributed by atoms with Crippen LogP contribution in [0, 0.1) is 5.92 Å². The third kappa shape index (κ3) is 3.47. The molecule has 4 rings (SSSR count). The van der Waals surface area contributed by atoms with Crippen LogP contribution in [0.4, 0.5) is 5.82 Å². The van der Waals surface area contributed by atoms with Crippen LogP contribution in [0.5, 0.6) is 0 Å². The van der Waals surface area contributed by atoms with Crippen molar-refractivity contribution in [1.29, 1.82) is 0 Å². The first kappa shape index (κ1) is 15.6. The van der Waals surface area contributed by atoms with E-state index >= 15 is 0 Å². The predicted molar refractivity (Wildman–Crippen MR) is 96.2 cm³/mol. The molecule has 1 aliphatic heterocycles. The SMILES string of the molecule is O=C(NCc1cn2ccccc2n1)[C@H]1CCCN(c2ccccn2)C1. The average molecular weight is 335 g/mol. The highest BCUT2D eigenvalue weighted by Gasteiger charge is 2.26. The Kier molecular flexibility index (Phi) is 4.33. The van der Waals surface area contributed by atoms with Crippen molar-refractivity contribution in [2.45, 2.75) is 19.4 Å². The van der Waals surface area contributed by atoms with Gasteiger partial charge in [-0.05, 0) is 37.1 Å². The first-order valence-corrected chi connectivity index (χ1v) is 8.66. The molecule has 1 amide bonds. The summed E-state index contributed by atoms with van der Waals surface area (Å²) in [5.41, 5.74) is 1.77. The van der Waals surface area contributed by atoms with Gasteiger partial charge in [0.05, 0.1) is 18.2 Å². The molecule has 1 fully saturated rings. The Labute approximate surface area is 146 Å². The van der Waals surface area contributed by atoms with E-state index in [2.05, 4.69) is 20.2 Å². The van der Waals surface area contributed by atoms with Gasteiger partial charge in [0, 0.05) is 31.7 Å². The van der Waals surface area contributed by atoms with E-state index in [0.717, 1.165) is 36.5 Å². The number of nitrogens with one attached hydrogen (secondary N) is 1. The first-order valence-electron chi connectivity index (χ1n) is 8.66. The van der Waals surface area contributed by atoms with E-state index in [-0.39, 0.29) is 11.8 Å². The number of fused-ring (bicyclic) bond motifs is 1. The minimum atomic E-state index is -0.00668. The van der Waals surface area contributed by atoms with Gasteiger partial charge in [-0.1, -0.05) is 12.1 Å². The minimum Gasteiger partial charge on any atom is -0.356 e. The van der Waals surface area contributed by atoms with E-state index in [4.69, 9.17) is 0 Å². The van der Waals surface area contributed by atoms with Gasteiger partial charge in [0.25, 0.3) is 0 Å². The van der Waals surface area contributed by atoms with Crippen molar-refractivity contribution in [3.05, 3.63) is 60.7 Å². The molecule has 4 heterocycles. The van der Waals surface area contributed by atoms with Crippen molar-refractivity contribution in [2.75, 3.05) is 18.0 Å². The molecule has 0 saturated carbocycles. The highest BCUT2D eigenvalue weighted by molar-refractivity contribution is 5.79. The third-order valence-electron chi connectivity index (χ3n) is 4.62. The van der Waals surface area contributed by atoms with Crippen molar-refractivity contribution in [1.82, 2.24) is 19.7 Å². The molecule has 25 heavy (non-hydrogen) atoms. The van der Waals surface area contributed by atoms with Gasteiger partial charge in [0.15, 0.2) is 0 Å². The van der Waals surface area contributed by atoms with Gasteiger partial charge < -0.3 is 14.6 Å². The van der Waals surface area contributed by atoms with Crippen molar-refractivity contribution < 1.29 is 4.79 Å². The zero-order chi connectivity index (χ0) is 17.1. The number of piperidine rings is 1. The van der Waals surface area contributed by atoms with E-state index in [0.29, 0.717) is 13.1 Å². The summed E-state index contributed by atoms with van der Waals surface area (Å²) in [5, 5.41) is 3.04. The molecule has 1 aliphatic rings. The number of amides is 1. The normalized spacial score (nSPS) is 17.6. The van der Waals surface area contributed by atoms with Gasteiger partial charge in [-0.3, -0.25) is 4.79 Å². The van der Waals surface area contributed by atoms with Crippen molar-refractivity contribution in [3.63, 3.8) is 0 Å². The second-order valence-corrected chi connectivity index (χ2v) is 6.39. The third-order valence-corrected chi connectivity index (χ3v) is 4.62. The molecule has 0 spiro atoms. The number of hydrogen-bond donors (Lipinski definition) is 1. The molecule has 128 valence electrons. The lowest BCUT2D eigenvalue weighted by atomic mass is 9.97. The standard InChI is InChI=1S/C19H21N5O/c25-19(21-12-16-14-24-10-4-2-8-18(24)22-16)15-6-5-11-23(13-15)17-7-1-3-9-20-17/h1-4,7-10,14-15H,5-6,11-13H2,(H,21,25)/t15-/m0/s1. The molecule has 1 saturated heterocycles. The van der Waals surface area contributed by atoms with Crippen LogP contribution in [0.15, 0.2) is 55.0 Å². The van der Waals surface area contributed by atoms with Gasteiger partial charge in [-0.2, -0.15) is 0 Å². The Balaban J connectivity index is 1.37. The lowest BCUT2D eigenvalue weighted by Crippen LogP contribution is -2.43. The van der Waals surface area contributed by atoms with Crippen LogP contribution in [-0.2, 0) is 11.3 Å². The smallest absolute Gasteiger partial charge is 0.225 e. The fourth-order valence-corrected chi connectivity index (χ4v) is 3.33. The Bertz CT molecular complexity index is 827. The van der Waals surface area contributed by atoms with E-state index in [1.807, 2.05) is 53.2 Å². The summed E-state index contributed by atoms with van der Waals surface area (Å²) in [6.45, 7) is 2.13. The topological polar surface area (TPSA) is 62.5 Å². The number of aromatic nitrogens is 3. The van der Waals surface area contributed by atoms with Crippen LogP contribution >= 0.6 is 0 Å². The van der Waals surface area contributed by atoms with Gasteiger partial charge >= 0.3 is 0 Å². The second kappa shape index (κ2) is 6.93. The second-order valence-electron chi connectivity index (χ2n) is 6.39. The van der Waals surface area contributed by atoms with Crippen LogP contribution in [0.25, 0.3) is 5.65 Å². The number of rotatable bonds is 4.